The van der Waals surface area contributed by atoms with Crippen LogP contribution in [0, 0.1) is 0 Å². The highest BCUT2D eigenvalue weighted by Gasteiger charge is 2.01. The Kier molecular flexibility index (Phi) is 6.67. The van der Waals surface area contributed by atoms with Crippen molar-refractivity contribution in [2.24, 2.45) is 0 Å². The van der Waals surface area contributed by atoms with Crippen LogP contribution >= 0.6 is 0 Å². The van der Waals surface area contributed by atoms with Gasteiger partial charge in [-0.2, -0.15) is 0 Å². The van der Waals surface area contributed by atoms with Crippen LogP contribution in [0.5, 0.6) is 5.75 Å². The molecule has 0 heterocycles. The van der Waals surface area contributed by atoms with Crippen molar-refractivity contribution in [2.75, 3.05) is 20.2 Å². The number of hydrogen-bond acceptors (Lipinski definition) is 3. The summed E-state index contributed by atoms with van der Waals surface area (Å²) in [6.45, 7) is 3.66. The van der Waals surface area contributed by atoms with E-state index < -0.39 is 0 Å². The van der Waals surface area contributed by atoms with Crippen molar-refractivity contribution in [1.29, 1.82) is 0 Å². The maximum atomic E-state index is 9.54. The van der Waals surface area contributed by atoms with Crippen molar-refractivity contribution in [3.63, 3.8) is 0 Å². The fraction of sp³-hybridized carbons (Fsp3) is 0.571. The number of ether oxygens (including phenoxy) is 1. The molecule has 1 rings (SSSR count). The number of benzene rings is 1. The summed E-state index contributed by atoms with van der Waals surface area (Å²) in [5.74, 6) is 0.889. The molecule has 3 nitrogen and oxygen atoms in total. The number of aliphatic hydroxyl groups excluding tert-OH is 1. The Hall–Kier alpha value is -1.06. The molecule has 96 valence electrons. The number of nitrogens with one attached hydrogen (secondary N) is 1. The van der Waals surface area contributed by atoms with Gasteiger partial charge in [-0.05, 0) is 37.1 Å². The third-order valence-electron chi connectivity index (χ3n) is 2.75. The van der Waals surface area contributed by atoms with Gasteiger partial charge in [0.25, 0.3) is 0 Å². The second kappa shape index (κ2) is 8.09. The Morgan fingerprint density at radius 3 is 2.59 bits per heavy atom. The Morgan fingerprint density at radius 1 is 1.29 bits per heavy atom. The molecule has 0 spiro atoms. The molecular formula is C14H23NO2. The molecule has 0 aliphatic carbocycles. The predicted molar refractivity (Wildman–Crippen MR) is 70.5 cm³/mol. The lowest BCUT2D eigenvalue weighted by Crippen LogP contribution is -2.28. The third kappa shape index (κ3) is 5.71. The average Bonchev–Trinajstić information content (AvgIpc) is 2.36. The molecule has 1 aromatic rings. The largest absolute Gasteiger partial charge is 0.497 e. The topological polar surface area (TPSA) is 41.5 Å². The molecule has 2 N–H and O–H groups in total. The minimum absolute atomic E-state index is 0.212. The first-order valence-corrected chi connectivity index (χ1v) is 6.28. The molecule has 0 amide bonds. The molecule has 0 bridgehead atoms. The van der Waals surface area contributed by atoms with Gasteiger partial charge in [0.15, 0.2) is 0 Å². The molecule has 0 fully saturated rings. The second-order valence-electron chi connectivity index (χ2n) is 4.24. The van der Waals surface area contributed by atoms with Crippen LogP contribution in [0.4, 0.5) is 0 Å². The molecule has 1 aromatic carbocycles. The first-order valence-electron chi connectivity index (χ1n) is 6.28. The average molecular weight is 237 g/mol. The van der Waals surface area contributed by atoms with Gasteiger partial charge in [0.05, 0.1) is 13.2 Å². The minimum atomic E-state index is -0.212. The van der Waals surface area contributed by atoms with E-state index in [1.165, 1.54) is 5.56 Å². The lowest BCUT2D eigenvalue weighted by atomic mass is 10.1. The van der Waals surface area contributed by atoms with Gasteiger partial charge >= 0.3 is 0 Å². The molecule has 0 aliphatic heterocycles. The van der Waals surface area contributed by atoms with Gasteiger partial charge in [-0.3, -0.25) is 0 Å². The molecule has 17 heavy (non-hydrogen) atoms. The summed E-state index contributed by atoms with van der Waals surface area (Å²) in [5.41, 5.74) is 1.28. The molecular weight excluding hydrogens is 214 g/mol. The monoisotopic (exact) mass is 237 g/mol. The summed E-state index contributed by atoms with van der Waals surface area (Å²) in [4.78, 5) is 0. The van der Waals surface area contributed by atoms with Gasteiger partial charge in [-0.25, -0.2) is 0 Å². The van der Waals surface area contributed by atoms with E-state index in [1.54, 1.807) is 7.11 Å². The third-order valence-corrected chi connectivity index (χ3v) is 2.75. The van der Waals surface area contributed by atoms with Gasteiger partial charge in [-0.1, -0.05) is 25.5 Å². The fourth-order valence-electron chi connectivity index (χ4n) is 1.73. The van der Waals surface area contributed by atoms with Gasteiger partial charge < -0.3 is 15.2 Å². The van der Waals surface area contributed by atoms with Crippen molar-refractivity contribution in [2.45, 2.75) is 32.3 Å². The number of methoxy groups -OCH3 is 1. The van der Waals surface area contributed by atoms with E-state index in [2.05, 4.69) is 24.4 Å². The summed E-state index contributed by atoms with van der Waals surface area (Å²) in [7, 11) is 1.67. The summed E-state index contributed by atoms with van der Waals surface area (Å²) in [6, 6.07) is 8.09. The standard InChI is InChI=1S/C14H23NO2/c1-3-4-13(16)11-15-10-9-12-5-7-14(17-2)8-6-12/h5-8,13,15-16H,3-4,9-11H2,1-2H3. The van der Waals surface area contributed by atoms with E-state index in [0.717, 1.165) is 31.6 Å². The van der Waals surface area contributed by atoms with Crippen LogP contribution in [0.3, 0.4) is 0 Å². The zero-order valence-corrected chi connectivity index (χ0v) is 10.8. The molecule has 0 saturated heterocycles. The Balaban J connectivity index is 2.17. The zero-order chi connectivity index (χ0) is 12.5. The first-order chi connectivity index (χ1) is 8.26. The normalized spacial score (nSPS) is 12.4. The van der Waals surface area contributed by atoms with Crippen LogP contribution in [-0.4, -0.2) is 31.4 Å². The fourth-order valence-corrected chi connectivity index (χ4v) is 1.73. The maximum absolute atomic E-state index is 9.54. The van der Waals surface area contributed by atoms with Crippen LogP contribution in [0.25, 0.3) is 0 Å². The molecule has 3 heteroatoms. The van der Waals surface area contributed by atoms with Crippen LogP contribution < -0.4 is 10.1 Å². The lowest BCUT2D eigenvalue weighted by Gasteiger charge is -2.10. The highest BCUT2D eigenvalue weighted by atomic mass is 16.5. The lowest BCUT2D eigenvalue weighted by molar-refractivity contribution is 0.161. The molecule has 1 atom stereocenters. The van der Waals surface area contributed by atoms with Gasteiger partial charge in [0.1, 0.15) is 5.75 Å². The Labute approximate surface area is 104 Å². The van der Waals surface area contributed by atoms with Crippen molar-refractivity contribution < 1.29 is 9.84 Å². The van der Waals surface area contributed by atoms with E-state index in [4.69, 9.17) is 4.74 Å². The van der Waals surface area contributed by atoms with E-state index in [9.17, 15) is 5.11 Å². The van der Waals surface area contributed by atoms with Crippen molar-refractivity contribution in [3.05, 3.63) is 29.8 Å². The molecule has 1 unspecified atom stereocenters. The Bertz CT molecular complexity index is 298. The highest BCUT2D eigenvalue weighted by Crippen LogP contribution is 2.11. The van der Waals surface area contributed by atoms with E-state index in [1.807, 2.05) is 12.1 Å². The summed E-state index contributed by atoms with van der Waals surface area (Å²) < 4.78 is 5.10. The first kappa shape index (κ1) is 14.0. The van der Waals surface area contributed by atoms with Gasteiger partial charge in [0.2, 0.25) is 0 Å². The molecule has 0 aliphatic rings. The maximum Gasteiger partial charge on any atom is 0.118 e. The quantitative estimate of drug-likeness (QED) is 0.679. The summed E-state index contributed by atoms with van der Waals surface area (Å²) >= 11 is 0. The van der Waals surface area contributed by atoms with Crippen LogP contribution in [0.2, 0.25) is 0 Å². The molecule has 0 saturated carbocycles. The number of hydrogen-bond donors (Lipinski definition) is 2. The molecule has 0 radical (unpaired) electrons. The van der Waals surface area contributed by atoms with Crippen LogP contribution in [0.15, 0.2) is 24.3 Å². The highest BCUT2D eigenvalue weighted by molar-refractivity contribution is 5.27. The van der Waals surface area contributed by atoms with Crippen LogP contribution in [-0.2, 0) is 6.42 Å². The zero-order valence-electron chi connectivity index (χ0n) is 10.8. The predicted octanol–water partition coefficient (Wildman–Crippen LogP) is 1.99. The number of rotatable bonds is 8. The molecule has 0 aromatic heterocycles. The summed E-state index contributed by atoms with van der Waals surface area (Å²) in [5, 5.41) is 12.8. The van der Waals surface area contributed by atoms with Gasteiger partial charge in [0, 0.05) is 6.54 Å². The van der Waals surface area contributed by atoms with Crippen molar-refractivity contribution in [3.8, 4) is 5.75 Å². The number of aliphatic hydroxyl groups is 1. The van der Waals surface area contributed by atoms with Crippen molar-refractivity contribution >= 4 is 0 Å². The smallest absolute Gasteiger partial charge is 0.118 e. The van der Waals surface area contributed by atoms with Gasteiger partial charge in [-0.15, -0.1) is 0 Å². The van der Waals surface area contributed by atoms with E-state index in [-0.39, 0.29) is 6.10 Å². The van der Waals surface area contributed by atoms with E-state index >= 15 is 0 Å². The van der Waals surface area contributed by atoms with E-state index in [0.29, 0.717) is 6.54 Å². The minimum Gasteiger partial charge on any atom is -0.497 e. The van der Waals surface area contributed by atoms with Crippen molar-refractivity contribution in [1.82, 2.24) is 5.32 Å². The Morgan fingerprint density at radius 2 is 2.00 bits per heavy atom. The van der Waals surface area contributed by atoms with Crippen LogP contribution in [0.1, 0.15) is 25.3 Å². The second-order valence-corrected chi connectivity index (χ2v) is 4.24. The SMILES string of the molecule is CCCC(O)CNCCc1ccc(OC)cc1. The summed E-state index contributed by atoms with van der Waals surface area (Å²) in [6.07, 6.45) is 2.66.